The van der Waals surface area contributed by atoms with Gasteiger partial charge in [0.05, 0.1) is 33.8 Å². The first-order chi connectivity index (χ1) is 38.4. The number of unbranched alkanes of at least 4 members (excludes halogenated alkanes) is 43. The number of ether oxygens (including phenoxy) is 1. The van der Waals surface area contributed by atoms with E-state index in [0.717, 1.165) is 64.2 Å². The number of phosphoric ester groups is 1. The van der Waals surface area contributed by atoms with Gasteiger partial charge in [-0.2, -0.15) is 0 Å². The Morgan fingerprint density at radius 3 is 1.09 bits per heavy atom. The lowest BCUT2D eigenvalue weighted by Crippen LogP contribution is -2.47. The van der Waals surface area contributed by atoms with Gasteiger partial charge in [-0.3, -0.25) is 14.2 Å². The Morgan fingerprint density at radius 1 is 0.430 bits per heavy atom. The molecule has 0 fully saturated rings. The maximum atomic E-state index is 13.6. The Morgan fingerprint density at radius 2 is 0.734 bits per heavy atom. The molecule has 79 heavy (non-hydrogen) atoms. The lowest BCUT2D eigenvalue weighted by molar-refractivity contribution is -0.870. The summed E-state index contributed by atoms with van der Waals surface area (Å²) in [6.45, 7) is 6.87. The van der Waals surface area contributed by atoms with Gasteiger partial charge in [0, 0.05) is 12.8 Å². The number of esters is 1. The van der Waals surface area contributed by atoms with E-state index < -0.39 is 20.0 Å². The van der Waals surface area contributed by atoms with Crippen molar-refractivity contribution in [1.29, 1.82) is 0 Å². The van der Waals surface area contributed by atoms with Crippen LogP contribution in [0.5, 0.6) is 0 Å². The number of hydrogen-bond donors (Lipinski definition) is 1. The number of allylic oxidation sites excluding steroid dienone is 5. The summed E-state index contributed by atoms with van der Waals surface area (Å²) in [5.41, 5.74) is 0. The Kier molecular flexibility index (Phi) is 58.1. The SMILES string of the molecule is CCCCCCCC/C=C/CCCCCCCCCCCCCCCCCCCC(=O)NC(COP(=O)([O-])OCC[N+](C)(C)C)C(/C=C\CCCCCCCCCCCC)OC(=O)CCCCC/C=C\CCCCCCCCC. The van der Waals surface area contributed by atoms with E-state index in [0.29, 0.717) is 23.9 Å². The number of hydrogen-bond acceptors (Lipinski definition) is 7. The smallest absolute Gasteiger partial charge is 0.306 e. The van der Waals surface area contributed by atoms with Gasteiger partial charge < -0.3 is 28.5 Å². The van der Waals surface area contributed by atoms with Crippen molar-refractivity contribution in [2.24, 2.45) is 0 Å². The van der Waals surface area contributed by atoms with Gasteiger partial charge in [0.25, 0.3) is 7.82 Å². The molecule has 0 saturated carbocycles. The largest absolute Gasteiger partial charge is 0.756 e. The molecule has 0 aromatic rings. The second kappa shape index (κ2) is 59.4. The summed E-state index contributed by atoms with van der Waals surface area (Å²) in [7, 11) is 1.19. The van der Waals surface area contributed by atoms with Crippen molar-refractivity contribution in [3.05, 3.63) is 36.5 Å². The molecule has 0 aliphatic rings. The van der Waals surface area contributed by atoms with E-state index in [9.17, 15) is 19.0 Å². The summed E-state index contributed by atoms with van der Waals surface area (Å²) in [5, 5.41) is 3.04. The fourth-order valence-corrected chi connectivity index (χ4v) is 10.9. The fraction of sp³-hybridized carbons (Fsp3) is 0.884. The third kappa shape index (κ3) is 60.6. The third-order valence-electron chi connectivity index (χ3n) is 15.5. The molecule has 3 unspecified atom stereocenters. The highest BCUT2D eigenvalue weighted by molar-refractivity contribution is 7.45. The van der Waals surface area contributed by atoms with E-state index in [4.69, 9.17) is 13.8 Å². The Balaban J connectivity index is 4.98. The van der Waals surface area contributed by atoms with Gasteiger partial charge in [-0.05, 0) is 83.1 Å². The second-order valence-corrected chi connectivity index (χ2v) is 26.1. The zero-order valence-corrected chi connectivity index (χ0v) is 54.2. The molecular weight excluding hydrogens is 1000 g/mol. The lowest BCUT2D eigenvalue weighted by atomic mass is 10.0. The first-order valence-electron chi connectivity index (χ1n) is 34.3. The predicted molar refractivity (Wildman–Crippen MR) is 340 cm³/mol. The van der Waals surface area contributed by atoms with E-state index in [1.165, 1.54) is 238 Å². The van der Waals surface area contributed by atoms with Crippen molar-refractivity contribution in [2.75, 3.05) is 40.9 Å². The Labute approximate surface area is 491 Å². The number of nitrogens with one attached hydrogen (secondary N) is 1. The molecule has 0 aliphatic carbocycles. The summed E-state index contributed by atoms with van der Waals surface area (Å²) >= 11 is 0. The van der Waals surface area contributed by atoms with E-state index in [1.807, 2.05) is 33.3 Å². The zero-order valence-electron chi connectivity index (χ0n) is 53.3. The molecule has 1 amide bonds. The van der Waals surface area contributed by atoms with E-state index in [2.05, 4.69) is 50.4 Å². The van der Waals surface area contributed by atoms with Crippen LogP contribution >= 0.6 is 7.82 Å². The zero-order chi connectivity index (χ0) is 57.9. The fourth-order valence-electron chi connectivity index (χ4n) is 10.2. The normalized spacial score (nSPS) is 13.8. The molecule has 3 atom stereocenters. The molecule has 0 radical (unpaired) electrons. The number of likely N-dealkylation sites (N-methyl/N-ethyl adjacent to an activating group) is 1. The molecule has 0 aromatic heterocycles. The molecule has 0 bridgehead atoms. The second-order valence-electron chi connectivity index (χ2n) is 24.7. The van der Waals surface area contributed by atoms with Gasteiger partial charge in [0.2, 0.25) is 5.91 Å². The highest BCUT2D eigenvalue weighted by Crippen LogP contribution is 2.38. The summed E-state index contributed by atoms with van der Waals surface area (Å²) in [6.07, 6.45) is 72.7. The molecule has 0 heterocycles. The third-order valence-corrected chi connectivity index (χ3v) is 16.5. The topological polar surface area (TPSA) is 114 Å². The van der Waals surface area contributed by atoms with Crippen LogP contribution in [0.3, 0.4) is 0 Å². The van der Waals surface area contributed by atoms with E-state index in [1.54, 1.807) is 0 Å². The maximum Gasteiger partial charge on any atom is 0.306 e. The number of nitrogens with zero attached hydrogens (tertiary/aromatic N) is 1. The highest BCUT2D eigenvalue weighted by atomic mass is 31.2. The Bertz CT molecular complexity index is 1450. The molecule has 9 nitrogen and oxygen atoms in total. The number of rotatable bonds is 63. The standard InChI is InChI=1S/C69H133N2O7P/c1-7-10-13-16-19-22-25-28-30-31-32-33-34-35-36-37-38-39-40-41-42-43-46-49-52-55-58-61-68(72)70-66(65-77-79(74,75)76-64-63-71(4,5)6)67(60-57-54-51-48-45-27-24-21-18-15-12-9-3)78-69(73)62-59-56-53-50-47-44-29-26-23-20-17-14-11-8-2/h28,30,44,47,57,60,66-67H,7-27,29,31-43,45-46,48-56,58-59,61-65H2,1-6H3,(H-,70,72,74,75)/b30-28+,47-44-,60-57-. The first-order valence-corrected chi connectivity index (χ1v) is 35.8. The number of quaternary nitrogens is 1. The predicted octanol–water partition coefficient (Wildman–Crippen LogP) is 20.8. The van der Waals surface area contributed by atoms with Crippen LogP contribution in [0.15, 0.2) is 36.5 Å². The van der Waals surface area contributed by atoms with Crippen LogP contribution in [0.4, 0.5) is 0 Å². The maximum absolute atomic E-state index is 13.6. The quantitative estimate of drug-likeness (QED) is 0.0212. The van der Waals surface area contributed by atoms with Crippen molar-refractivity contribution in [3.8, 4) is 0 Å². The van der Waals surface area contributed by atoms with Gasteiger partial charge >= 0.3 is 5.97 Å². The molecule has 0 saturated heterocycles. The average molecular weight is 1130 g/mol. The summed E-state index contributed by atoms with van der Waals surface area (Å²) in [4.78, 5) is 40.0. The van der Waals surface area contributed by atoms with Crippen molar-refractivity contribution in [1.82, 2.24) is 5.32 Å². The minimum Gasteiger partial charge on any atom is -0.756 e. The van der Waals surface area contributed by atoms with Gasteiger partial charge in [0.1, 0.15) is 19.3 Å². The van der Waals surface area contributed by atoms with Crippen molar-refractivity contribution in [2.45, 2.75) is 354 Å². The number of phosphoric acid groups is 1. The molecule has 0 rings (SSSR count). The van der Waals surface area contributed by atoms with Crippen LogP contribution in [0.25, 0.3) is 0 Å². The number of carbonyl (C=O) groups is 2. The van der Waals surface area contributed by atoms with Crippen molar-refractivity contribution < 1.29 is 37.3 Å². The minimum atomic E-state index is -4.70. The molecule has 1 N–H and O–H groups in total. The van der Waals surface area contributed by atoms with Crippen LogP contribution in [0, 0.1) is 0 Å². The van der Waals surface area contributed by atoms with E-state index in [-0.39, 0.29) is 31.5 Å². The molecule has 0 spiro atoms. The van der Waals surface area contributed by atoms with Crippen LogP contribution in [0.2, 0.25) is 0 Å². The van der Waals surface area contributed by atoms with Crippen LogP contribution in [-0.2, 0) is 27.9 Å². The average Bonchev–Trinajstić information content (AvgIpc) is 3.41. The van der Waals surface area contributed by atoms with Gasteiger partial charge in [0.15, 0.2) is 0 Å². The van der Waals surface area contributed by atoms with Gasteiger partial charge in [-0.25, -0.2) is 0 Å². The monoisotopic (exact) mass is 1130 g/mol. The van der Waals surface area contributed by atoms with E-state index >= 15 is 0 Å². The van der Waals surface area contributed by atoms with Crippen LogP contribution < -0.4 is 10.2 Å². The van der Waals surface area contributed by atoms with Gasteiger partial charge in [-0.1, -0.05) is 282 Å². The van der Waals surface area contributed by atoms with Crippen LogP contribution in [0.1, 0.15) is 342 Å². The van der Waals surface area contributed by atoms with Crippen molar-refractivity contribution in [3.63, 3.8) is 0 Å². The molecule has 10 heteroatoms. The van der Waals surface area contributed by atoms with Gasteiger partial charge in [-0.15, -0.1) is 0 Å². The molecule has 466 valence electrons. The minimum absolute atomic E-state index is 0.0220. The van der Waals surface area contributed by atoms with Crippen LogP contribution in [-0.4, -0.2) is 69.4 Å². The summed E-state index contributed by atoms with van der Waals surface area (Å²) in [5.74, 6) is -0.544. The van der Waals surface area contributed by atoms with Crippen molar-refractivity contribution >= 4 is 19.7 Å². The Hall–Kier alpha value is -1.77. The molecule has 0 aromatic carbocycles. The molecule has 0 aliphatic heterocycles. The highest BCUT2D eigenvalue weighted by Gasteiger charge is 2.27. The number of carbonyl (C=O) groups excluding carboxylic acids is 2. The first kappa shape index (κ1) is 77.2. The molecular formula is C69H133N2O7P. The lowest BCUT2D eigenvalue weighted by Gasteiger charge is -2.30. The number of amides is 1. The summed E-state index contributed by atoms with van der Waals surface area (Å²) < 4.78 is 30.4. The summed E-state index contributed by atoms with van der Waals surface area (Å²) in [6, 6.07) is -0.891.